The highest BCUT2D eigenvalue weighted by Gasteiger charge is 2.38. The normalized spacial score (nSPS) is 17.1. The van der Waals surface area contributed by atoms with E-state index < -0.39 is 0 Å². The molecule has 4 aliphatic rings. The Balaban J connectivity index is 0.947. The number of aromatic nitrogens is 1. The molecule has 2 atom stereocenters. The minimum absolute atomic E-state index is 0.0701. The van der Waals surface area contributed by atoms with Gasteiger partial charge in [0.05, 0.1) is 59.7 Å². The SMILES string of the molecule is COc1cc2c(cc1OCc1cc(OCCCC(C)(C)SSC)cc(COc3cc4c(cc3C)C(=O)N3c5ccccc5C[C@H]3C=N4)n1)N=C[C@@H]1Cc3ccccc3N1C2=O. The van der Waals surface area contributed by atoms with Crippen molar-refractivity contribution in [3.05, 3.63) is 124 Å². The molecule has 0 N–H and O–H groups in total. The van der Waals surface area contributed by atoms with Crippen LogP contribution >= 0.6 is 21.6 Å². The molecule has 1 aromatic heterocycles. The maximum absolute atomic E-state index is 14.0. The third-order valence-electron chi connectivity index (χ3n) is 11.4. The number of aliphatic imine (C=N–C) groups is 2. The summed E-state index contributed by atoms with van der Waals surface area (Å²) in [6.07, 6.45) is 9.12. The molecule has 4 aliphatic heterocycles. The molecule has 0 bridgehead atoms. The van der Waals surface area contributed by atoms with Crippen molar-refractivity contribution in [3.63, 3.8) is 0 Å². The molecule has 0 radical (unpaired) electrons. The van der Waals surface area contributed by atoms with Crippen LogP contribution in [0, 0.1) is 6.92 Å². The summed E-state index contributed by atoms with van der Waals surface area (Å²) < 4.78 is 25.1. The van der Waals surface area contributed by atoms with Crippen LogP contribution in [0.5, 0.6) is 23.0 Å². The average molecular weight is 854 g/mol. The lowest BCUT2D eigenvalue weighted by molar-refractivity contribution is 0.0979. The first kappa shape index (κ1) is 40.6. The number of nitrogens with zero attached hydrogens (tertiary/aromatic N) is 5. The topological polar surface area (TPSA) is 115 Å². The van der Waals surface area contributed by atoms with Crippen LogP contribution in [0.3, 0.4) is 0 Å². The lowest BCUT2D eigenvalue weighted by Crippen LogP contribution is -2.37. The van der Waals surface area contributed by atoms with Crippen molar-refractivity contribution in [1.82, 2.24) is 4.98 Å². The van der Waals surface area contributed by atoms with Gasteiger partial charge in [-0.2, -0.15) is 0 Å². The number of anilines is 2. The zero-order valence-electron chi connectivity index (χ0n) is 34.8. The van der Waals surface area contributed by atoms with Gasteiger partial charge in [-0.3, -0.25) is 34.4 Å². The third-order valence-corrected chi connectivity index (χ3v) is 14.1. The quantitative estimate of drug-likeness (QED) is 0.0795. The molecule has 4 aromatic carbocycles. The van der Waals surface area contributed by atoms with Gasteiger partial charge >= 0.3 is 0 Å². The maximum atomic E-state index is 14.0. The van der Waals surface area contributed by atoms with Gasteiger partial charge in [0, 0.05) is 65.7 Å². The van der Waals surface area contributed by atoms with Gasteiger partial charge in [0.1, 0.15) is 24.7 Å². The molecule has 5 heterocycles. The third kappa shape index (κ3) is 8.20. The number of benzene rings is 4. The van der Waals surface area contributed by atoms with E-state index in [1.807, 2.05) is 101 Å². The van der Waals surface area contributed by atoms with Gasteiger partial charge in [-0.1, -0.05) is 58.0 Å². The number of carbonyl (C=O) groups is 2. The van der Waals surface area contributed by atoms with Crippen molar-refractivity contribution in [2.24, 2.45) is 9.98 Å². The van der Waals surface area contributed by atoms with E-state index in [-0.39, 0.29) is 41.9 Å². The molecule has 5 aromatic rings. The van der Waals surface area contributed by atoms with E-state index in [4.69, 9.17) is 33.9 Å². The monoisotopic (exact) mass is 853 g/mol. The number of para-hydroxylation sites is 2. The van der Waals surface area contributed by atoms with Gasteiger partial charge in [0.25, 0.3) is 11.8 Å². The lowest BCUT2D eigenvalue weighted by atomic mass is 10.1. The Bertz CT molecular complexity index is 2590. The van der Waals surface area contributed by atoms with Gasteiger partial charge in [-0.05, 0) is 80.8 Å². The largest absolute Gasteiger partial charge is 0.493 e. The van der Waals surface area contributed by atoms with Crippen LogP contribution < -0.4 is 28.7 Å². The van der Waals surface area contributed by atoms with Gasteiger partial charge in [0.15, 0.2) is 11.5 Å². The molecular formula is C48H47N5O6S2. The summed E-state index contributed by atoms with van der Waals surface area (Å²) >= 11 is 0. The Kier molecular flexibility index (Phi) is 11.3. The molecule has 0 aliphatic carbocycles. The zero-order valence-corrected chi connectivity index (χ0v) is 36.5. The van der Waals surface area contributed by atoms with E-state index in [2.05, 4.69) is 32.2 Å². The second-order valence-corrected chi connectivity index (χ2v) is 19.3. The summed E-state index contributed by atoms with van der Waals surface area (Å²) in [4.78, 5) is 46.0. The summed E-state index contributed by atoms with van der Waals surface area (Å²) in [5.41, 5.74) is 8.26. The van der Waals surface area contributed by atoms with E-state index in [0.29, 0.717) is 69.9 Å². The molecule has 61 heavy (non-hydrogen) atoms. The number of ether oxygens (including phenoxy) is 4. The summed E-state index contributed by atoms with van der Waals surface area (Å²) in [6, 6.07) is 26.6. The minimum Gasteiger partial charge on any atom is -0.493 e. The van der Waals surface area contributed by atoms with Crippen LogP contribution in [0.15, 0.2) is 94.9 Å². The molecule has 0 fully saturated rings. The number of hydrogen-bond acceptors (Lipinski definition) is 11. The highest BCUT2D eigenvalue weighted by molar-refractivity contribution is 8.76. The standard InChI is InChI=1S/C48H47N5O6S2/c1-29-17-37-39(49-25-34-18-30-11-6-8-13-41(30)52(34)46(37)54)23-43(29)58-27-32-20-36(57-16-10-15-48(2,3)61-60-5)21-33(51-32)28-59-45-24-40-38(22-44(45)56-4)47(55)53-35(26-50-40)19-31-12-7-9-14-42(31)53/h6-9,11-14,17,20-26,34-35H,10,15-16,18-19,27-28H2,1-5H3/t34-,35-/m0/s1. The molecule has 0 saturated heterocycles. The molecule has 0 spiro atoms. The van der Waals surface area contributed by atoms with Crippen molar-refractivity contribution in [2.45, 2.75) is 76.5 Å². The highest BCUT2D eigenvalue weighted by atomic mass is 33.1. The van der Waals surface area contributed by atoms with Crippen LogP contribution in [0.4, 0.5) is 22.7 Å². The van der Waals surface area contributed by atoms with Gasteiger partial charge in [-0.15, -0.1) is 0 Å². The minimum atomic E-state index is -0.170. The van der Waals surface area contributed by atoms with Crippen molar-refractivity contribution in [2.75, 3.05) is 29.8 Å². The molecule has 0 saturated carbocycles. The number of aryl methyl sites for hydroxylation is 1. The summed E-state index contributed by atoms with van der Waals surface area (Å²) in [6.45, 7) is 7.20. The number of pyridine rings is 1. The lowest BCUT2D eigenvalue weighted by Gasteiger charge is -2.22. The fourth-order valence-electron chi connectivity index (χ4n) is 8.50. The Morgan fingerprint density at radius 2 is 1.28 bits per heavy atom. The molecule has 11 nitrogen and oxygen atoms in total. The Labute approximate surface area is 364 Å². The fraction of sp³-hybridized carbons (Fsp3) is 0.312. The van der Waals surface area contributed by atoms with E-state index >= 15 is 0 Å². The predicted octanol–water partition coefficient (Wildman–Crippen LogP) is 10.1. The smallest absolute Gasteiger partial charge is 0.261 e. The molecule has 0 unspecified atom stereocenters. The summed E-state index contributed by atoms with van der Waals surface area (Å²) in [5, 5.41) is 0. The molecule has 312 valence electrons. The maximum Gasteiger partial charge on any atom is 0.261 e. The van der Waals surface area contributed by atoms with E-state index in [9.17, 15) is 9.59 Å². The Morgan fingerprint density at radius 3 is 1.87 bits per heavy atom. The highest BCUT2D eigenvalue weighted by Crippen LogP contribution is 2.42. The zero-order chi connectivity index (χ0) is 42.3. The number of amides is 2. The van der Waals surface area contributed by atoms with Crippen LogP contribution in [0.2, 0.25) is 0 Å². The Morgan fingerprint density at radius 1 is 0.721 bits per heavy atom. The first-order valence-electron chi connectivity index (χ1n) is 20.5. The van der Waals surface area contributed by atoms with Gasteiger partial charge in [0.2, 0.25) is 0 Å². The van der Waals surface area contributed by atoms with E-state index in [0.717, 1.165) is 47.3 Å². The molecular weight excluding hydrogens is 807 g/mol. The summed E-state index contributed by atoms with van der Waals surface area (Å²) in [7, 11) is 5.20. The van der Waals surface area contributed by atoms with Crippen LogP contribution in [0.1, 0.15) is 75.5 Å². The summed E-state index contributed by atoms with van der Waals surface area (Å²) in [5.74, 6) is 1.92. The van der Waals surface area contributed by atoms with Crippen LogP contribution in [0.25, 0.3) is 0 Å². The molecule has 13 heteroatoms. The first-order valence-corrected chi connectivity index (χ1v) is 23.0. The molecule has 2 amide bonds. The number of carbonyl (C=O) groups excluding carboxylic acids is 2. The second kappa shape index (κ2) is 16.9. The Hall–Kier alpha value is -5.79. The van der Waals surface area contributed by atoms with Crippen LogP contribution in [-0.2, 0) is 26.1 Å². The first-order chi connectivity index (χ1) is 29.6. The van der Waals surface area contributed by atoms with Crippen molar-refractivity contribution in [1.29, 1.82) is 0 Å². The van der Waals surface area contributed by atoms with Crippen LogP contribution in [-0.4, -0.2) is 66.0 Å². The second-order valence-electron chi connectivity index (χ2n) is 16.2. The molecule has 9 rings (SSSR count). The number of rotatable bonds is 14. The fourth-order valence-corrected chi connectivity index (χ4v) is 10.8. The number of fused-ring (bicyclic) bond motifs is 8. The van der Waals surface area contributed by atoms with Gasteiger partial charge in [-0.25, -0.2) is 0 Å². The van der Waals surface area contributed by atoms with Crippen molar-refractivity contribution in [3.8, 4) is 23.0 Å². The average Bonchev–Trinajstić information content (AvgIpc) is 3.75. The van der Waals surface area contributed by atoms with E-state index in [1.54, 1.807) is 30.0 Å². The van der Waals surface area contributed by atoms with Crippen molar-refractivity contribution >= 4 is 68.6 Å². The number of methoxy groups -OCH3 is 1. The predicted molar refractivity (Wildman–Crippen MR) is 245 cm³/mol. The van der Waals surface area contributed by atoms with Crippen molar-refractivity contribution < 1.29 is 28.5 Å². The van der Waals surface area contributed by atoms with Gasteiger partial charge < -0.3 is 18.9 Å². The van der Waals surface area contributed by atoms with E-state index in [1.165, 1.54) is 0 Å². The number of hydrogen-bond donors (Lipinski definition) is 0.